The minimum absolute atomic E-state index is 0.0694. The van der Waals surface area contributed by atoms with E-state index in [1.165, 1.54) is 36.0 Å². The summed E-state index contributed by atoms with van der Waals surface area (Å²) in [6.07, 6.45) is -2.81. The average Bonchev–Trinajstić information content (AvgIpc) is 3.07. The molecule has 3 aromatic rings. The quantitative estimate of drug-likeness (QED) is 0.231. The maximum absolute atomic E-state index is 13.2. The first-order valence-electron chi connectivity index (χ1n) is 8.67. The van der Waals surface area contributed by atoms with Gasteiger partial charge in [-0.3, -0.25) is 4.57 Å². The van der Waals surface area contributed by atoms with E-state index in [1.54, 1.807) is 16.7 Å². The number of benzene rings is 2. The second-order valence-corrected chi connectivity index (χ2v) is 7.49. The third kappa shape index (κ3) is 5.54. The van der Waals surface area contributed by atoms with Crippen molar-refractivity contribution in [2.24, 2.45) is 0 Å². The van der Waals surface area contributed by atoms with Crippen molar-refractivity contribution in [1.82, 2.24) is 14.8 Å². The third-order valence-electron chi connectivity index (χ3n) is 4.01. The smallest absolute Gasteiger partial charge is 0.416 e. The molecule has 4 nitrogen and oxygen atoms in total. The Bertz CT molecular complexity index is 1040. The van der Waals surface area contributed by atoms with E-state index in [9.17, 15) is 17.6 Å². The van der Waals surface area contributed by atoms with Gasteiger partial charge in [0.05, 0.1) is 5.56 Å². The molecule has 0 aliphatic carbocycles. The number of ether oxygens (including phenoxy) is 1. The van der Waals surface area contributed by atoms with Gasteiger partial charge in [0, 0.05) is 17.3 Å². The number of thioether (sulfide) groups is 1. The Hall–Kier alpha value is -2.52. The van der Waals surface area contributed by atoms with Gasteiger partial charge in [0.25, 0.3) is 0 Å². The van der Waals surface area contributed by atoms with Crippen molar-refractivity contribution < 1.29 is 22.3 Å². The van der Waals surface area contributed by atoms with Gasteiger partial charge in [-0.15, -0.1) is 16.8 Å². The van der Waals surface area contributed by atoms with Gasteiger partial charge in [-0.25, -0.2) is 4.39 Å². The lowest BCUT2D eigenvalue weighted by Crippen LogP contribution is -2.08. The van der Waals surface area contributed by atoms with Crippen LogP contribution >= 0.6 is 23.4 Å². The van der Waals surface area contributed by atoms with E-state index in [0.717, 1.165) is 17.7 Å². The van der Waals surface area contributed by atoms with Crippen molar-refractivity contribution in [3.63, 3.8) is 0 Å². The summed E-state index contributed by atoms with van der Waals surface area (Å²) >= 11 is 7.39. The molecule has 1 heterocycles. The first-order valence-corrected chi connectivity index (χ1v) is 10.0. The normalized spacial score (nSPS) is 11.5. The minimum atomic E-state index is -4.45. The van der Waals surface area contributed by atoms with E-state index in [4.69, 9.17) is 16.3 Å². The van der Waals surface area contributed by atoms with Crippen LogP contribution in [0.2, 0.25) is 5.02 Å². The largest absolute Gasteiger partial charge is 0.486 e. The highest BCUT2D eigenvalue weighted by Crippen LogP contribution is 2.32. The van der Waals surface area contributed by atoms with Gasteiger partial charge in [0.1, 0.15) is 18.2 Å². The van der Waals surface area contributed by atoms with E-state index >= 15 is 0 Å². The molecule has 3 rings (SSSR count). The van der Waals surface area contributed by atoms with E-state index < -0.39 is 17.6 Å². The number of alkyl halides is 3. The van der Waals surface area contributed by atoms with Crippen LogP contribution in [0.15, 0.2) is 60.3 Å². The third-order valence-corrected chi connectivity index (χ3v) is 5.37. The van der Waals surface area contributed by atoms with Crippen LogP contribution in [-0.4, -0.2) is 14.8 Å². The number of nitrogens with zero attached hydrogens (tertiary/aromatic N) is 3. The van der Waals surface area contributed by atoms with Crippen molar-refractivity contribution in [2.45, 2.75) is 30.2 Å². The molecular formula is C20H16ClF4N3OS. The van der Waals surface area contributed by atoms with Crippen LogP contribution in [0, 0.1) is 5.82 Å². The van der Waals surface area contributed by atoms with Crippen molar-refractivity contribution >= 4 is 23.4 Å². The molecule has 0 aliphatic rings. The Kier molecular flexibility index (Phi) is 7.04. The van der Waals surface area contributed by atoms with E-state index in [1.807, 2.05) is 0 Å². The summed E-state index contributed by atoms with van der Waals surface area (Å²) in [7, 11) is 0. The summed E-state index contributed by atoms with van der Waals surface area (Å²) in [5.41, 5.74) is -0.0574. The fourth-order valence-electron chi connectivity index (χ4n) is 2.54. The molecule has 30 heavy (non-hydrogen) atoms. The average molecular weight is 458 g/mol. The molecule has 0 radical (unpaired) electrons. The molecule has 0 saturated heterocycles. The Morgan fingerprint density at radius 2 is 1.97 bits per heavy atom. The number of halogens is 5. The lowest BCUT2D eigenvalue weighted by atomic mass is 10.2. The minimum Gasteiger partial charge on any atom is -0.486 e. The van der Waals surface area contributed by atoms with Gasteiger partial charge in [0.15, 0.2) is 11.0 Å². The van der Waals surface area contributed by atoms with Crippen LogP contribution in [0.1, 0.15) is 17.0 Å². The summed E-state index contributed by atoms with van der Waals surface area (Å²) in [6.45, 7) is 4.02. The standard InChI is InChI=1S/C20H16ClF4N3OS/c1-2-8-28-18(11-29-16-5-3-4-14(9-16)20(23,24)25)26-27-19(28)30-12-13-6-7-15(22)10-17(13)21/h2-7,9-10H,1,8,11-12H2. The Labute approximate surface area is 179 Å². The van der Waals surface area contributed by atoms with Crippen LogP contribution < -0.4 is 4.74 Å². The van der Waals surface area contributed by atoms with Gasteiger partial charge in [-0.1, -0.05) is 41.6 Å². The zero-order chi connectivity index (χ0) is 21.7. The Morgan fingerprint density at radius 1 is 1.17 bits per heavy atom. The van der Waals surface area contributed by atoms with Crippen molar-refractivity contribution in [3.05, 3.63) is 82.9 Å². The van der Waals surface area contributed by atoms with Gasteiger partial charge in [0.2, 0.25) is 0 Å². The second kappa shape index (κ2) is 9.53. The molecule has 0 fully saturated rings. The summed E-state index contributed by atoms with van der Waals surface area (Å²) in [5.74, 6) is 0.519. The molecule has 0 unspecified atom stereocenters. The van der Waals surface area contributed by atoms with Crippen LogP contribution in [0.3, 0.4) is 0 Å². The van der Waals surface area contributed by atoms with Gasteiger partial charge in [-0.2, -0.15) is 13.2 Å². The molecule has 0 amide bonds. The predicted molar refractivity (Wildman–Crippen MR) is 107 cm³/mol. The van der Waals surface area contributed by atoms with Gasteiger partial charge >= 0.3 is 6.18 Å². The summed E-state index contributed by atoms with van der Waals surface area (Å²) in [6, 6.07) is 8.78. The molecule has 0 aliphatic heterocycles. The molecular weight excluding hydrogens is 442 g/mol. The highest BCUT2D eigenvalue weighted by molar-refractivity contribution is 7.98. The zero-order valence-electron chi connectivity index (χ0n) is 15.5. The number of hydrogen-bond donors (Lipinski definition) is 0. The lowest BCUT2D eigenvalue weighted by molar-refractivity contribution is -0.137. The molecule has 0 N–H and O–H groups in total. The Morgan fingerprint density at radius 3 is 2.67 bits per heavy atom. The van der Waals surface area contributed by atoms with Crippen molar-refractivity contribution in [2.75, 3.05) is 0 Å². The highest BCUT2D eigenvalue weighted by atomic mass is 35.5. The topological polar surface area (TPSA) is 39.9 Å². The van der Waals surface area contributed by atoms with Crippen molar-refractivity contribution in [3.8, 4) is 5.75 Å². The summed E-state index contributed by atoms with van der Waals surface area (Å²) < 4.78 is 59.0. The SMILES string of the molecule is C=CCn1c(COc2cccc(C(F)(F)F)c2)nnc1SCc1ccc(F)cc1Cl. The van der Waals surface area contributed by atoms with Gasteiger partial charge in [-0.05, 0) is 35.9 Å². The highest BCUT2D eigenvalue weighted by Gasteiger charge is 2.30. The van der Waals surface area contributed by atoms with Gasteiger partial charge < -0.3 is 4.74 Å². The van der Waals surface area contributed by atoms with Crippen LogP contribution in [-0.2, 0) is 25.1 Å². The summed E-state index contributed by atoms with van der Waals surface area (Å²) in [5, 5.41) is 9.06. The van der Waals surface area contributed by atoms with Crippen molar-refractivity contribution in [1.29, 1.82) is 0 Å². The molecule has 10 heteroatoms. The molecule has 158 valence electrons. The number of rotatable bonds is 8. The second-order valence-electron chi connectivity index (χ2n) is 6.14. The molecule has 1 aromatic heterocycles. The molecule has 0 saturated carbocycles. The Balaban J connectivity index is 1.72. The predicted octanol–water partition coefficient (Wildman–Crippen LogP) is 6.15. The maximum Gasteiger partial charge on any atom is 0.416 e. The fourth-order valence-corrected chi connectivity index (χ4v) is 3.82. The number of allylic oxidation sites excluding steroid dienone is 1. The number of hydrogen-bond acceptors (Lipinski definition) is 4. The van der Waals surface area contributed by atoms with E-state index in [2.05, 4.69) is 16.8 Å². The fraction of sp³-hybridized carbons (Fsp3) is 0.200. The van der Waals surface area contributed by atoms with E-state index in [-0.39, 0.29) is 12.4 Å². The molecule has 0 atom stereocenters. The monoisotopic (exact) mass is 457 g/mol. The first-order chi connectivity index (χ1) is 14.3. The number of aromatic nitrogens is 3. The van der Waals surface area contributed by atoms with Crippen LogP contribution in [0.5, 0.6) is 5.75 Å². The molecule has 0 spiro atoms. The van der Waals surface area contributed by atoms with Crippen LogP contribution in [0.25, 0.3) is 0 Å². The molecule has 2 aromatic carbocycles. The maximum atomic E-state index is 13.2. The molecule has 0 bridgehead atoms. The zero-order valence-corrected chi connectivity index (χ0v) is 17.1. The van der Waals surface area contributed by atoms with Crippen LogP contribution in [0.4, 0.5) is 17.6 Å². The summed E-state index contributed by atoms with van der Waals surface area (Å²) in [4.78, 5) is 0. The first kappa shape index (κ1) is 22.2. The van der Waals surface area contributed by atoms with E-state index in [0.29, 0.717) is 28.3 Å². The lowest BCUT2D eigenvalue weighted by Gasteiger charge is -2.11.